The van der Waals surface area contributed by atoms with Gasteiger partial charge in [-0.05, 0) is 65.0 Å². The molecule has 0 radical (unpaired) electrons. The number of pyridine rings is 1. The van der Waals surface area contributed by atoms with Crippen LogP contribution in [-0.4, -0.2) is 37.1 Å². The lowest BCUT2D eigenvalue weighted by molar-refractivity contribution is -0.118. The summed E-state index contributed by atoms with van der Waals surface area (Å²) in [6.45, 7) is 9.10. The number of hydrogen-bond donors (Lipinski definition) is 2. The van der Waals surface area contributed by atoms with Crippen LogP contribution in [0.4, 0.5) is 0 Å². The van der Waals surface area contributed by atoms with E-state index in [9.17, 15) is 9.59 Å². The summed E-state index contributed by atoms with van der Waals surface area (Å²) in [5, 5.41) is 2.15. The molecule has 0 aliphatic carbocycles. The number of methoxy groups -OCH3 is 1. The van der Waals surface area contributed by atoms with Gasteiger partial charge < -0.3 is 15.2 Å². The third kappa shape index (κ3) is 11.0. The van der Waals surface area contributed by atoms with E-state index < -0.39 is 11.8 Å². The van der Waals surface area contributed by atoms with E-state index in [1.165, 1.54) is 30.0 Å². The summed E-state index contributed by atoms with van der Waals surface area (Å²) < 4.78 is 10.9. The van der Waals surface area contributed by atoms with Gasteiger partial charge in [-0.25, -0.2) is 4.98 Å². The summed E-state index contributed by atoms with van der Waals surface area (Å²) in [6.07, 6.45) is 12.4. The highest BCUT2D eigenvalue weighted by Gasteiger charge is 2.16. The van der Waals surface area contributed by atoms with Crippen LogP contribution in [0.15, 0.2) is 47.2 Å². The zero-order chi connectivity index (χ0) is 23.9. The fraction of sp³-hybridized carbons (Fsp3) is 0.480. The highest BCUT2D eigenvalue weighted by atomic mass is 16.5. The maximum absolute atomic E-state index is 12.1. The van der Waals surface area contributed by atoms with E-state index in [0.29, 0.717) is 13.2 Å². The minimum atomic E-state index is -0.649. The molecule has 0 aliphatic rings. The second-order valence-corrected chi connectivity index (χ2v) is 7.95. The minimum absolute atomic E-state index is 0.0259. The Hall–Kier alpha value is -2.77. The number of nitrogens with one attached hydrogen (secondary N) is 1. The third-order valence-corrected chi connectivity index (χ3v) is 4.72. The van der Waals surface area contributed by atoms with Gasteiger partial charge in [0.2, 0.25) is 5.91 Å². The van der Waals surface area contributed by atoms with E-state index in [-0.39, 0.29) is 18.0 Å². The molecule has 0 saturated carbocycles. The molecule has 1 rings (SSSR count). The second kappa shape index (κ2) is 15.1. The second-order valence-electron chi connectivity index (χ2n) is 7.95. The van der Waals surface area contributed by atoms with Crippen LogP contribution in [0.25, 0.3) is 0 Å². The molecular weight excluding hydrogens is 406 g/mol. The van der Waals surface area contributed by atoms with E-state index in [1.807, 2.05) is 0 Å². The summed E-state index contributed by atoms with van der Waals surface area (Å²) in [7, 11) is 1.44. The van der Waals surface area contributed by atoms with Crippen molar-refractivity contribution in [2.24, 2.45) is 5.73 Å². The van der Waals surface area contributed by atoms with Gasteiger partial charge >= 0.3 is 0 Å². The van der Waals surface area contributed by atoms with Gasteiger partial charge in [-0.2, -0.15) is 0 Å². The number of imide groups is 1. The molecule has 7 nitrogen and oxygen atoms in total. The maximum Gasteiger partial charge on any atom is 0.280 e. The molecule has 0 aromatic carbocycles. The topological polar surface area (TPSA) is 104 Å². The number of amides is 2. The van der Waals surface area contributed by atoms with Crippen LogP contribution in [0.1, 0.15) is 69.4 Å². The molecule has 2 amide bonds. The van der Waals surface area contributed by atoms with Crippen LogP contribution in [-0.2, 0) is 16.1 Å². The van der Waals surface area contributed by atoms with Crippen molar-refractivity contribution in [2.45, 2.75) is 60.0 Å². The lowest BCUT2D eigenvalue weighted by Gasteiger charge is -2.09. The predicted octanol–water partition coefficient (Wildman–Crippen LogP) is 4.24. The normalized spacial score (nSPS) is 11.8. The summed E-state index contributed by atoms with van der Waals surface area (Å²) in [5.41, 5.74) is 10.1. The van der Waals surface area contributed by atoms with Crippen LogP contribution < -0.4 is 15.8 Å². The van der Waals surface area contributed by atoms with Gasteiger partial charge in [-0.3, -0.25) is 14.9 Å². The van der Waals surface area contributed by atoms with Crippen LogP contribution in [0, 0.1) is 0 Å². The molecule has 1 aromatic rings. The van der Waals surface area contributed by atoms with Crippen LogP contribution >= 0.6 is 0 Å². The van der Waals surface area contributed by atoms with Crippen molar-refractivity contribution in [3.05, 3.63) is 58.5 Å². The zero-order valence-electron chi connectivity index (χ0n) is 20.0. The van der Waals surface area contributed by atoms with Crippen LogP contribution in [0.5, 0.6) is 5.75 Å². The highest BCUT2D eigenvalue weighted by molar-refractivity contribution is 6.05. The molecule has 0 atom stereocenters. The van der Waals surface area contributed by atoms with Crippen molar-refractivity contribution in [3.63, 3.8) is 0 Å². The number of aromatic nitrogens is 1. The van der Waals surface area contributed by atoms with Gasteiger partial charge in [-0.15, -0.1) is 0 Å². The van der Waals surface area contributed by atoms with Gasteiger partial charge in [0.1, 0.15) is 0 Å². The van der Waals surface area contributed by atoms with Crippen molar-refractivity contribution in [1.82, 2.24) is 10.3 Å². The predicted molar refractivity (Wildman–Crippen MR) is 127 cm³/mol. The number of carbonyl (C=O) groups is 2. The van der Waals surface area contributed by atoms with Gasteiger partial charge in [0.05, 0.1) is 26.9 Å². The third-order valence-electron chi connectivity index (χ3n) is 4.72. The first-order valence-corrected chi connectivity index (χ1v) is 10.9. The molecular formula is C25H37N3O4. The highest BCUT2D eigenvalue weighted by Crippen LogP contribution is 2.18. The molecule has 7 heteroatoms. The number of ether oxygens (including phenoxy) is 2. The SMILES string of the molecule is COc1cc(COCC=C(C)CCC=C(C)CCC=C(C)C)cnc1C(=O)NC(=O)CN. The van der Waals surface area contributed by atoms with Gasteiger partial charge in [0.15, 0.2) is 11.4 Å². The van der Waals surface area contributed by atoms with E-state index in [1.54, 1.807) is 6.07 Å². The number of carbonyl (C=O) groups excluding carboxylic acids is 2. The first kappa shape index (κ1) is 27.3. The van der Waals surface area contributed by atoms with E-state index in [2.05, 4.69) is 56.2 Å². The molecule has 0 saturated heterocycles. The molecule has 32 heavy (non-hydrogen) atoms. The van der Waals surface area contributed by atoms with Crippen molar-refractivity contribution in [3.8, 4) is 5.75 Å². The zero-order valence-corrected chi connectivity index (χ0v) is 20.0. The quantitative estimate of drug-likeness (QED) is 0.349. The first-order valence-electron chi connectivity index (χ1n) is 10.9. The van der Waals surface area contributed by atoms with Crippen molar-refractivity contribution < 1.29 is 19.1 Å². The van der Waals surface area contributed by atoms with Crippen molar-refractivity contribution in [1.29, 1.82) is 0 Å². The van der Waals surface area contributed by atoms with Gasteiger partial charge in [0.25, 0.3) is 5.91 Å². The molecule has 0 unspecified atom stereocenters. The average molecular weight is 444 g/mol. The Morgan fingerprint density at radius 3 is 2.34 bits per heavy atom. The van der Waals surface area contributed by atoms with Crippen molar-refractivity contribution >= 4 is 11.8 Å². The number of rotatable bonds is 13. The molecule has 0 spiro atoms. The number of nitrogens with zero attached hydrogens (tertiary/aromatic N) is 1. The fourth-order valence-electron chi connectivity index (χ4n) is 2.84. The molecule has 0 aliphatic heterocycles. The average Bonchev–Trinajstić information content (AvgIpc) is 2.76. The smallest absolute Gasteiger partial charge is 0.280 e. The number of allylic oxidation sites excluding steroid dienone is 5. The van der Waals surface area contributed by atoms with Crippen molar-refractivity contribution in [2.75, 3.05) is 20.3 Å². The minimum Gasteiger partial charge on any atom is -0.494 e. The first-order chi connectivity index (χ1) is 15.3. The van der Waals surface area contributed by atoms with Gasteiger partial charge in [-0.1, -0.05) is 34.9 Å². The van der Waals surface area contributed by atoms with E-state index >= 15 is 0 Å². The molecule has 0 bridgehead atoms. The Balaban J connectivity index is 2.47. The molecule has 1 aromatic heterocycles. The summed E-state index contributed by atoms with van der Waals surface area (Å²) in [5.74, 6) is -0.959. The summed E-state index contributed by atoms with van der Waals surface area (Å²) in [6, 6.07) is 1.67. The Morgan fingerprint density at radius 1 is 1.06 bits per heavy atom. The van der Waals surface area contributed by atoms with E-state index in [4.69, 9.17) is 15.2 Å². The Labute approximate surface area is 191 Å². The molecule has 176 valence electrons. The standard InChI is InChI=1S/C25H37N3O4/c1-18(2)8-6-9-19(3)10-7-11-20(4)12-13-32-17-21-14-22(31-5)24(27-16-21)25(30)28-23(29)15-26/h8,10,12,14,16H,6-7,9,11,13,15,17,26H2,1-5H3,(H,28,29,30). The monoisotopic (exact) mass is 443 g/mol. The molecule has 0 fully saturated rings. The molecule has 3 N–H and O–H groups in total. The lowest BCUT2D eigenvalue weighted by atomic mass is 10.1. The largest absolute Gasteiger partial charge is 0.494 e. The Kier molecular flexibility index (Phi) is 12.9. The Morgan fingerprint density at radius 2 is 1.72 bits per heavy atom. The summed E-state index contributed by atoms with van der Waals surface area (Å²) >= 11 is 0. The summed E-state index contributed by atoms with van der Waals surface area (Å²) in [4.78, 5) is 27.5. The van der Waals surface area contributed by atoms with Gasteiger partial charge in [0, 0.05) is 6.20 Å². The number of nitrogens with two attached hydrogens (primary N) is 1. The van der Waals surface area contributed by atoms with Crippen LogP contribution in [0.3, 0.4) is 0 Å². The molecule has 1 heterocycles. The maximum atomic E-state index is 12.1. The Bertz CT molecular complexity index is 853. The fourth-order valence-corrected chi connectivity index (χ4v) is 2.84. The number of hydrogen-bond acceptors (Lipinski definition) is 6. The lowest BCUT2D eigenvalue weighted by Crippen LogP contribution is -2.36. The van der Waals surface area contributed by atoms with Crippen LogP contribution in [0.2, 0.25) is 0 Å². The van der Waals surface area contributed by atoms with E-state index in [0.717, 1.165) is 31.2 Å².